The predicted molar refractivity (Wildman–Crippen MR) is 157 cm³/mol. The van der Waals surface area contributed by atoms with E-state index < -0.39 is 45.8 Å². The molecule has 4 aliphatic rings. The molecule has 0 bridgehead atoms. The quantitative estimate of drug-likeness (QED) is 0.158. The van der Waals surface area contributed by atoms with Gasteiger partial charge in [-0.1, -0.05) is 91.2 Å². The van der Waals surface area contributed by atoms with E-state index in [4.69, 9.17) is 9.47 Å². The molecule has 0 saturated heterocycles. The van der Waals surface area contributed by atoms with E-state index in [2.05, 4.69) is 20.8 Å². The number of rotatable bonds is 13. The van der Waals surface area contributed by atoms with E-state index in [1.165, 1.54) is 45.4 Å². The average molecular weight is 573 g/mol. The third kappa shape index (κ3) is 5.58. The summed E-state index contributed by atoms with van der Waals surface area (Å²) in [6, 6.07) is 0. The molecule has 230 valence electrons. The van der Waals surface area contributed by atoms with Gasteiger partial charge in [0.05, 0.1) is 5.60 Å². The van der Waals surface area contributed by atoms with Gasteiger partial charge in [0.15, 0.2) is 5.78 Å². The molecule has 0 aromatic carbocycles. The van der Waals surface area contributed by atoms with E-state index in [0.29, 0.717) is 24.0 Å². The molecule has 2 fully saturated rings. The number of fused-ring (bicyclic) bond motifs is 5. The zero-order chi connectivity index (χ0) is 30.2. The Morgan fingerprint density at radius 3 is 2.22 bits per heavy atom. The first-order valence-electron chi connectivity index (χ1n) is 16.0. The molecular weight excluding hydrogens is 520 g/mol. The Kier molecular flexibility index (Phi) is 9.31. The molecule has 4 rings (SSSR count). The van der Waals surface area contributed by atoms with Crippen molar-refractivity contribution in [3.05, 3.63) is 23.3 Å². The topological polar surface area (TPSA) is 110 Å². The molecule has 0 aromatic rings. The zero-order valence-electron chi connectivity index (χ0n) is 26.1. The number of ketones is 1. The first-order valence-corrected chi connectivity index (χ1v) is 16.0. The lowest BCUT2D eigenvalue weighted by molar-refractivity contribution is -0.187. The summed E-state index contributed by atoms with van der Waals surface area (Å²) in [5.41, 5.74) is -3.32. The second-order valence-electron chi connectivity index (χ2n) is 14.0. The first-order chi connectivity index (χ1) is 19.3. The maximum Gasteiger partial charge on any atom is 0.306 e. The number of carbonyl (C=O) groups is 3. The number of unbranched alkanes of at least 4 members (excludes halogenated alkanes) is 8. The van der Waals surface area contributed by atoms with Crippen molar-refractivity contribution in [3.8, 4) is 0 Å². The van der Waals surface area contributed by atoms with Crippen molar-refractivity contribution in [2.24, 2.45) is 29.1 Å². The van der Waals surface area contributed by atoms with Crippen LogP contribution in [0.25, 0.3) is 0 Å². The Labute approximate surface area is 246 Å². The van der Waals surface area contributed by atoms with Crippen LogP contribution in [0.1, 0.15) is 119 Å². The number of ether oxygens (including phenoxy) is 2. The fourth-order valence-corrected chi connectivity index (χ4v) is 8.62. The van der Waals surface area contributed by atoms with Crippen molar-refractivity contribution in [2.75, 3.05) is 6.61 Å². The smallest absolute Gasteiger partial charge is 0.306 e. The Balaban J connectivity index is 1.50. The van der Waals surface area contributed by atoms with E-state index in [1.807, 2.05) is 13.0 Å². The van der Waals surface area contributed by atoms with E-state index in [9.17, 15) is 24.6 Å². The second kappa shape index (κ2) is 11.9. The fourth-order valence-electron chi connectivity index (χ4n) is 8.62. The second-order valence-corrected chi connectivity index (χ2v) is 14.0. The summed E-state index contributed by atoms with van der Waals surface area (Å²) in [4.78, 5) is 38.0. The van der Waals surface area contributed by atoms with Crippen LogP contribution in [0.15, 0.2) is 23.3 Å². The standard InChI is InChI=1S/C34H52O7/c1-7-8-9-10-11-12-13-14-15-16-28(36)41-33-19-23(3)34(39)26(29(33)31(33,5)6)18-25(21-40-24(4)35)20-32(38)27(34)17-22(2)30(32)37/h17-18,23,26-27,29,38-39H,7-16,19-21H2,1-6H3/t23-,26+,27-,29-,32-,33+,34-/m1/s1. The molecule has 0 amide bonds. The van der Waals surface area contributed by atoms with Gasteiger partial charge in [-0.3, -0.25) is 14.4 Å². The monoisotopic (exact) mass is 572 g/mol. The SMILES string of the molecule is CCCCCCCCCCCC(=O)O[C@@]12C[C@@H](C)[C@@]3(O)[C@@H](C=C(COC(C)=O)C[C@]4(O)C(=O)C(C)=C[C@@H]34)[C@@H]1C2(C)C. The molecule has 7 nitrogen and oxygen atoms in total. The number of esters is 2. The summed E-state index contributed by atoms with van der Waals surface area (Å²) in [7, 11) is 0. The van der Waals surface area contributed by atoms with Crippen LogP contribution < -0.4 is 0 Å². The predicted octanol–water partition coefficient (Wildman–Crippen LogP) is 6.00. The molecule has 2 N–H and O–H groups in total. The molecule has 0 aliphatic heterocycles. The summed E-state index contributed by atoms with van der Waals surface area (Å²) >= 11 is 0. The van der Waals surface area contributed by atoms with E-state index in [-0.39, 0.29) is 30.8 Å². The fraction of sp³-hybridized carbons (Fsp3) is 0.794. The zero-order valence-corrected chi connectivity index (χ0v) is 26.1. The van der Waals surface area contributed by atoms with Crippen LogP contribution in [-0.4, -0.2) is 51.3 Å². The minimum absolute atomic E-state index is 0.0122. The minimum atomic E-state index is -1.81. The number of hydrogen-bond donors (Lipinski definition) is 2. The Morgan fingerprint density at radius 2 is 1.61 bits per heavy atom. The van der Waals surface area contributed by atoms with Crippen LogP contribution in [0.4, 0.5) is 0 Å². The van der Waals surface area contributed by atoms with Crippen molar-refractivity contribution in [1.29, 1.82) is 0 Å². The molecule has 41 heavy (non-hydrogen) atoms. The van der Waals surface area contributed by atoms with Crippen molar-refractivity contribution in [1.82, 2.24) is 0 Å². The maximum atomic E-state index is 13.2. The molecule has 4 aliphatic carbocycles. The highest BCUT2D eigenvalue weighted by molar-refractivity contribution is 6.04. The molecule has 7 heteroatoms. The molecule has 0 unspecified atom stereocenters. The number of Topliss-reactive ketones (excluding diaryl/α,β-unsaturated/α-hetero) is 1. The van der Waals surface area contributed by atoms with Crippen LogP contribution in [-0.2, 0) is 23.9 Å². The highest BCUT2D eigenvalue weighted by atomic mass is 16.6. The molecule has 0 aromatic heterocycles. The van der Waals surface area contributed by atoms with E-state index in [0.717, 1.165) is 19.3 Å². The molecular formula is C34H52O7. The van der Waals surface area contributed by atoms with Crippen LogP contribution >= 0.6 is 0 Å². The maximum absolute atomic E-state index is 13.2. The first kappa shape index (κ1) is 31.9. The lowest BCUT2D eigenvalue weighted by Crippen LogP contribution is -2.61. The highest BCUT2D eigenvalue weighted by Gasteiger charge is 2.83. The van der Waals surface area contributed by atoms with Crippen LogP contribution in [0.3, 0.4) is 0 Å². The van der Waals surface area contributed by atoms with Crippen molar-refractivity contribution in [3.63, 3.8) is 0 Å². The lowest BCUT2D eigenvalue weighted by Gasteiger charge is -2.50. The molecule has 0 spiro atoms. The Bertz CT molecular complexity index is 1090. The van der Waals surface area contributed by atoms with E-state index >= 15 is 0 Å². The number of aliphatic hydroxyl groups is 2. The van der Waals surface area contributed by atoms with Crippen molar-refractivity contribution >= 4 is 17.7 Å². The van der Waals surface area contributed by atoms with Gasteiger partial charge in [0, 0.05) is 42.9 Å². The molecule has 0 radical (unpaired) electrons. The molecule has 2 saturated carbocycles. The van der Waals surface area contributed by atoms with Crippen molar-refractivity contribution in [2.45, 2.75) is 135 Å². The number of carbonyl (C=O) groups excluding carboxylic acids is 3. The lowest BCUT2D eigenvalue weighted by atomic mass is 9.60. The largest absolute Gasteiger partial charge is 0.461 e. The summed E-state index contributed by atoms with van der Waals surface area (Å²) in [5.74, 6) is -2.88. The van der Waals surface area contributed by atoms with Crippen LogP contribution in [0, 0.1) is 29.1 Å². The summed E-state index contributed by atoms with van der Waals surface area (Å²) in [5, 5.41) is 24.3. The van der Waals surface area contributed by atoms with Gasteiger partial charge < -0.3 is 19.7 Å². The van der Waals surface area contributed by atoms with E-state index in [1.54, 1.807) is 13.0 Å². The molecule has 0 heterocycles. The average Bonchev–Trinajstić information content (AvgIpc) is 3.30. The van der Waals surface area contributed by atoms with Crippen LogP contribution in [0.5, 0.6) is 0 Å². The number of hydrogen-bond acceptors (Lipinski definition) is 7. The van der Waals surface area contributed by atoms with Gasteiger partial charge in [0.2, 0.25) is 0 Å². The van der Waals surface area contributed by atoms with Gasteiger partial charge in [-0.15, -0.1) is 0 Å². The summed E-state index contributed by atoms with van der Waals surface area (Å²) in [6.07, 6.45) is 15.1. The molecule has 7 atom stereocenters. The third-order valence-corrected chi connectivity index (χ3v) is 10.9. The summed E-state index contributed by atoms with van der Waals surface area (Å²) < 4.78 is 11.7. The van der Waals surface area contributed by atoms with Crippen molar-refractivity contribution < 1.29 is 34.1 Å². The van der Waals surface area contributed by atoms with Gasteiger partial charge >= 0.3 is 11.9 Å². The van der Waals surface area contributed by atoms with Gasteiger partial charge in [0.25, 0.3) is 0 Å². The van der Waals surface area contributed by atoms with Gasteiger partial charge in [-0.25, -0.2) is 0 Å². The van der Waals surface area contributed by atoms with Crippen LogP contribution in [0.2, 0.25) is 0 Å². The van der Waals surface area contributed by atoms with Gasteiger partial charge in [0.1, 0.15) is 17.8 Å². The third-order valence-electron chi connectivity index (χ3n) is 10.9. The van der Waals surface area contributed by atoms with Gasteiger partial charge in [-0.05, 0) is 36.8 Å². The minimum Gasteiger partial charge on any atom is -0.461 e. The Hall–Kier alpha value is -1.99. The normalized spacial score (nSPS) is 36.7. The highest BCUT2D eigenvalue weighted by Crippen LogP contribution is 2.76. The van der Waals surface area contributed by atoms with Gasteiger partial charge in [-0.2, -0.15) is 0 Å². The Morgan fingerprint density at radius 1 is 1.00 bits per heavy atom. The summed E-state index contributed by atoms with van der Waals surface area (Å²) in [6.45, 7) is 11.3.